The molecule has 34 heavy (non-hydrogen) atoms. The fraction of sp³-hybridized carbons (Fsp3) is 0.435. The highest BCUT2D eigenvalue weighted by atomic mass is 16.2. The third-order valence-corrected chi connectivity index (χ3v) is 7.32. The van der Waals surface area contributed by atoms with Crippen LogP contribution in [0.3, 0.4) is 0 Å². The van der Waals surface area contributed by atoms with E-state index in [1.807, 2.05) is 43.1 Å². The monoisotopic (exact) mass is 462 g/mol. The number of fused-ring (bicyclic) bond motifs is 2. The number of piperidine rings is 1. The van der Waals surface area contributed by atoms with E-state index in [-0.39, 0.29) is 22.7 Å². The van der Waals surface area contributed by atoms with Crippen LogP contribution in [0.15, 0.2) is 45.7 Å². The molecule has 0 aliphatic carbocycles. The number of amides is 3. The first kappa shape index (κ1) is 21.0. The summed E-state index contributed by atoms with van der Waals surface area (Å²) in [5.41, 5.74) is 2.05. The summed E-state index contributed by atoms with van der Waals surface area (Å²) in [7, 11) is 0. The molecule has 5 aliphatic heterocycles. The summed E-state index contributed by atoms with van der Waals surface area (Å²) in [5.74, 6) is 1.20. The second-order valence-electron chi connectivity index (χ2n) is 9.69. The second kappa shape index (κ2) is 7.47. The number of urea groups is 1. The summed E-state index contributed by atoms with van der Waals surface area (Å²) in [6.45, 7) is 6.90. The largest absolute Gasteiger partial charge is 0.336 e. The molecule has 0 aromatic heterocycles. The maximum Gasteiger partial charge on any atom is 0.317 e. The Morgan fingerprint density at radius 1 is 1.18 bits per heavy atom. The molecule has 6 rings (SSSR count). The number of nitrogens with one attached hydrogen (secondary N) is 3. The molecule has 1 aromatic carbocycles. The number of carbonyl (C=O) groups is 2. The van der Waals surface area contributed by atoms with Crippen molar-refractivity contribution in [2.24, 2.45) is 15.1 Å². The van der Waals surface area contributed by atoms with Gasteiger partial charge in [-0.1, -0.05) is 6.07 Å². The van der Waals surface area contributed by atoms with Crippen molar-refractivity contribution in [1.29, 1.82) is 0 Å². The van der Waals surface area contributed by atoms with Gasteiger partial charge in [0.1, 0.15) is 6.21 Å². The average molecular weight is 463 g/mol. The zero-order valence-corrected chi connectivity index (χ0v) is 19.3. The molecule has 5 aliphatic rings. The quantitative estimate of drug-likeness (QED) is 0.594. The van der Waals surface area contributed by atoms with Gasteiger partial charge in [-0.05, 0) is 54.2 Å². The van der Waals surface area contributed by atoms with Gasteiger partial charge in [-0.2, -0.15) is 0 Å². The lowest BCUT2D eigenvalue weighted by molar-refractivity contribution is -0.918. The Morgan fingerprint density at radius 3 is 2.76 bits per heavy atom. The highest BCUT2D eigenvalue weighted by Gasteiger charge is 2.48. The van der Waals surface area contributed by atoms with E-state index >= 15 is 0 Å². The Kier molecular flexibility index (Phi) is 4.61. The van der Waals surface area contributed by atoms with E-state index in [0.29, 0.717) is 5.96 Å². The lowest BCUT2D eigenvalue weighted by Gasteiger charge is -2.40. The van der Waals surface area contributed by atoms with Gasteiger partial charge in [0.15, 0.2) is 6.20 Å². The van der Waals surface area contributed by atoms with Crippen molar-refractivity contribution >= 4 is 41.3 Å². The summed E-state index contributed by atoms with van der Waals surface area (Å²) < 4.78 is 0.138. The van der Waals surface area contributed by atoms with E-state index in [0.717, 1.165) is 61.8 Å². The number of hydrogen-bond acceptors (Lipinski definition) is 7. The number of quaternary nitrogens is 1. The van der Waals surface area contributed by atoms with Crippen LogP contribution in [-0.4, -0.2) is 76.8 Å². The molecule has 2 saturated heterocycles. The average Bonchev–Trinajstić information content (AvgIpc) is 3.48. The molecule has 5 heterocycles. The van der Waals surface area contributed by atoms with Gasteiger partial charge < -0.3 is 20.9 Å². The predicted molar refractivity (Wildman–Crippen MR) is 129 cm³/mol. The van der Waals surface area contributed by atoms with Crippen molar-refractivity contribution in [2.75, 3.05) is 36.8 Å². The summed E-state index contributed by atoms with van der Waals surface area (Å²) in [5, 5.41) is 16.4. The Balaban J connectivity index is 1.22. The van der Waals surface area contributed by atoms with Gasteiger partial charge >= 0.3 is 11.9 Å². The maximum absolute atomic E-state index is 12.3. The van der Waals surface area contributed by atoms with E-state index in [1.165, 1.54) is 0 Å². The predicted octanol–water partition coefficient (Wildman–Crippen LogP) is 1.79. The molecule has 0 radical (unpaired) electrons. The minimum Gasteiger partial charge on any atom is -0.336 e. The number of anilines is 2. The normalized spacial score (nSPS) is 27.8. The van der Waals surface area contributed by atoms with Gasteiger partial charge in [-0.15, -0.1) is 10.0 Å². The first-order valence-corrected chi connectivity index (χ1v) is 11.7. The lowest BCUT2D eigenvalue weighted by Crippen LogP contribution is -2.60. The Bertz CT molecular complexity index is 1190. The van der Waals surface area contributed by atoms with Crippen molar-refractivity contribution in [1.82, 2.24) is 15.2 Å². The Morgan fingerprint density at radius 2 is 2.00 bits per heavy atom. The molecule has 11 heteroatoms. The van der Waals surface area contributed by atoms with Crippen LogP contribution in [0.5, 0.6) is 0 Å². The fourth-order valence-electron chi connectivity index (χ4n) is 5.32. The van der Waals surface area contributed by atoms with Crippen molar-refractivity contribution in [3.8, 4) is 0 Å². The number of aliphatic imine (C=N–C) groups is 2. The third-order valence-electron chi connectivity index (χ3n) is 7.32. The number of amidine groups is 1. The number of rotatable bonds is 3. The number of benzene rings is 1. The van der Waals surface area contributed by atoms with Crippen molar-refractivity contribution in [3.63, 3.8) is 0 Å². The highest BCUT2D eigenvalue weighted by molar-refractivity contribution is 6.30. The maximum atomic E-state index is 12.3. The Labute approximate surface area is 197 Å². The van der Waals surface area contributed by atoms with Crippen LogP contribution in [0.2, 0.25) is 0 Å². The van der Waals surface area contributed by atoms with Crippen molar-refractivity contribution in [2.45, 2.75) is 38.1 Å². The van der Waals surface area contributed by atoms with Gasteiger partial charge in [-0.3, -0.25) is 9.79 Å². The lowest BCUT2D eigenvalue weighted by atomic mass is 9.86. The van der Waals surface area contributed by atoms with Gasteiger partial charge in [0, 0.05) is 30.5 Å². The van der Waals surface area contributed by atoms with E-state index in [9.17, 15) is 9.59 Å². The molecule has 2 fully saturated rings. The van der Waals surface area contributed by atoms with Crippen molar-refractivity contribution < 1.29 is 14.3 Å². The van der Waals surface area contributed by atoms with Crippen LogP contribution in [0.1, 0.15) is 32.3 Å². The van der Waals surface area contributed by atoms with E-state index < -0.39 is 5.41 Å². The van der Waals surface area contributed by atoms with E-state index in [2.05, 4.69) is 26.0 Å². The minimum absolute atomic E-state index is 0.00379. The molecule has 1 unspecified atom stereocenters. The van der Waals surface area contributed by atoms with E-state index in [4.69, 9.17) is 10.1 Å². The summed E-state index contributed by atoms with van der Waals surface area (Å²) in [4.78, 5) is 35.3. The molecule has 0 saturated carbocycles. The fourth-order valence-corrected chi connectivity index (χ4v) is 5.32. The smallest absolute Gasteiger partial charge is 0.317 e. The summed E-state index contributed by atoms with van der Waals surface area (Å²) >= 11 is 0. The SMILES string of the molecule is CC1(C)C(=O)Nc2cc(NC3=N[N+]4(N5CCC(N6CCNC6=O)CC5)C=CN=CC4=N3)ccc21. The molecule has 1 atom stereocenters. The van der Waals surface area contributed by atoms with Crippen LogP contribution >= 0.6 is 0 Å². The molecule has 11 nitrogen and oxygen atoms in total. The molecular formula is C23H28N9O2+. The van der Waals surface area contributed by atoms with Crippen LogP contribution in [0.25, 0.3) is 0 Å². The van der Waals surface area contributed by atoms with Crippen LogP contribution in [0.4, 0.5) is 16.2 Å². The Hall–Kier alpha value is -3.57. The highest BCUT2D eigenvalue weighted by Crippen LogP contribution is 2.39. The second-order valence-corrected chi connectivity index (χ2v) is 9.69. The molecule has 3 amide bonds. The first-order chi connectivity index (χ1) is 16.4. The van der Waals surface area contributed by atoms with Crippen LogP contribution < -0.4 is 16.0 Å². The number of carbonyl (C=O) groups excluding carboxylic acids is 2. The van der Waals surface area contributed by atoms with Crippen molar-refractivity contribution in [3.05, 3.63) is 36.2 Å². The molecule has 3 N–H and O–H groups in total. The summed E-state index contributed by atoms with van der Waals surface area (Å²) in [6, 6.07) is 6.12. The topological polar surface area (TPSA) is 114 Å². The summed E-state index contributed by atoms with van der Waals surface area (Å²) in [6.07, 6.45) is 7.18. The van der Waals surface area contributed by atoms with Crippen LogP contribution in [-0.2, 0) is 10.2 Å². The molecule has 0 bridgehead atoms. The molecule has 176 valence electrons. The van der Waals surface area contributed by atoms with Gasteiger partial charge in [0.2, 0.25) is 5.91 Å². The number of guanidine groups is 1. The minimum atomic E-state index is -0.544. The molecule has 0 spiro atoms. The number of hydrogen-bond donors (Lipinski definition) is 3. The van der Waals surface area contributed by atoms with Gasteiger partial charge in [0.05, 0.1) is 24.7 Å². The molecule has 1 aromatic rings. The molecular weight excluding hydrogens is 434 g/mol. The van der Waals surface area contributed by atoms with E-state index in [1.54, 1.807) is 12.4 Å². The first-order valence-electron chi connectivity index (χ1n) is 11.7. The number of nitrogens with zero attached hydrogens (tertiary/aromatic N) is 6. The zero-order valence-electron chi connectivity index (χ0n) is 19.3. The van der Waals surface area contributed by atoms with Crippen LogP contribution in [0, 0.1) is 0 Å². The standard InChI is InChI=1S/C23H27N9O2/c1-23(2)17-4-3-15(13-18(17)27-20(23)33)26-21-28-19-14-24-8-12-32(19,29-21)30-9-5-16(6-10-30)31-11-7-25-22(31)34/h3-4,8,12-14,16H,5-7,9-11H2,1-2H3,(H2-,25,26,27,29,33,34)/p+1. The van der Waals surface area contributed by atoms with Gasteiger partial charge in [0.25, 0.3) is 5.96 Å². The zero-order chi connectivity index (χ0) is 23.5. The third kappa shape index (κ3) is 3.15. The van der Waals surface area contributed by atoms with Gasteiger partial charge in [-0.25, -0.2) is 4.79 Å².